The minimum absolute atomic E-state index is 0.457. The van der Waals surface area contributed by atoms with E-state index in [9.17, 15) is 0 Å². The maximum absolute atomic E-state index is 5.94. The van der Waals surface area contributed by atoms with Gasteiger partial charge in [0.1, 0.15) is 5.75 Å². The molecule has 2 N–H and O–H groups in total. The molecule has 0 amide bonds. The van der Waals surface area contributed by atoms with Crippen molar-refractivity contribution in [2.24, 2.45) is 5.73 Å². The number of nitrogens with two attached hydrogens (primary N) is 1. The normalized spacial score (nSPS) is 16.3. The fraction of sp³-hybridized carbons (Fsp3) is 0.600. The van der Waals surface area contributed by atoms with E-state index < -0.39 is 0 Å². The van der Waals surface area contributed by atoms with Crippen LogP contribution in [0.3, 0.4) is 0 Å². The second-order valence-electron chi connectivity index (χ2n) is 4.91. The summed E-state index contributed by atoms with van der Waals surface area (Å²) in [7, 11) is 0. The SMILES string of the molecule is NCCCCc1ccc(OC2CCCC2)cc1. The third kappa shape index (κ3) is 4.04. The van der Waals surface area contributed by atoms with Crippen molar-refractivity contribution in [1.82, 2.24) is 0 Å². The largest absolute Gasteiger partial charge is 0.490 e. The third-order valence-corrected chi connectivity index (χ3v) is 3.45. The van der Waals surface area contributed by atoms with Crippen molar-refractivity contribution in [3.05, 3.63) is 29.8 Å². The lowest BCUT2D eigenvalue weighted by Gasteiger charge is -2.13. The monoisotopic (exact) mass is 233 g/mol. The average molecular weight is 233 g/mol. The van der Waals surface area contributed by atoms with Crippen LogP contribution in [0.4, 0.5) is 0 Å². The number of rotatable bonds is 6. The van der Waals surface area contributed by atoms with Crippen molar-refractivity contribution < 1.29 is 4.74 Å². The van der Waals surface area contributed by atoms with Crippen LogP contribution in [-0.4, -0.2) is 12.6 Å². The summed E-state index contributed by atoms with van der Waals surface area (Å²) >= 11 is 0. The highest BCUT2D eigenvalue weighted by Crippen LogP contribution is 2.24. The van der Waals surface area contributed by atoms with Gasteiger partial charge in [-0.2, -0.15) is 0 Å². The molecule has 2 rings (SSSR count). The summed E-state index contributed by atoms with van der Waals surface area (Å²) in [6.45, 7) is 0.795. The van der Waals surface area contributed by atoms with Gasteiger partial charge in [-0.25, -0.2) is 0 Å². The second-order valence-corrected chi connectivity index (χ2v) is 4.91. The maximum atomic E-state index is 5.94. The standard InChI is InChI=1S/C15H23NO/c16-12-4-3-5-13-8-10-15(11-9-13)17-14-6-1-2-7-14/h8-11,14H,1-7,12,16H2. The van der Waals surface area contributed by atoms with Crippen LogP contribution in [0.25, 0.3) is 0 Å². The van der Waals surface area contributed by atoms with Crippen LogP contribution < -0.4 is 10.5 Å². The van der Waals surface area contributed by atoms with E-state index in [2.05, 4.69) is 24.3 Å². The first kappa shape index (κ1) is 12.4. The number of aryl methyl sites for hydroxylation is 1. The van der Waals surface area contributed by atoms with E-state index in [-0.39, 0.29) is 0 Å². The first-order valence-electron chi connectivity index (χ1n) is 6.84. The summed E-state index contributed by atoms with van der Waals surface area (Å²) in [5.74, 6) is 1.03. The molecule has 1 aliphatic carbocycles. The van der Waals surface area contributed by atoms with Crippen molar-refractivity contribution in [1.29, 1.82) is 0 Å². The molecule has 1 aromatic rings. The lowest BCUT2D eigenvalue weighted by molar-refractivity contribution is 0.210. The van der Waals surface area contributed by atoms with Gasteiger partial charge in [0.2, 0.25) is 0 Å². The molecular formula is C15H23NO. The van der Waals surface area contributed by atoms with E-state index in [0.29, 0.717) is 6.10 Å². The topological polar surface area (TPSA) is 35.2 Å². The van der Waals surface area contributed by atoms with E-state index >= 15 is 0 Å². The highest BCUT2D eigenvalue weighted by atomic mass is 16.5. The molecule has 0 aliphatic heterocycles. The van der Waals surface area contributed by atoms with Crippen molar-refractivity contribution in [2.45, 2.75) is 51.0 Å². The van der Waals surface area contributed by atoms with Gasteiger partial charge in [-0.1, -0.05) is 12.1 Å². The van der Waals surface area contributed by atoms with Crippen LogP contribution >= 0.6 is 0 Å². The maximum Gasteiger partial charge on any atom is 0.119 e. The zero-order valence-corrected chi connectivity index (χ0v) is 10.5. The molecule has 0 radical (unpaired) electrons. The van der Waals surface area contributed by atoms with Crippen LogP contribution in [-0.2, 0) is 6.42 Å². The van der Waals surface area contributed by atoms with Crippen LogP contribution in [0.1, 0.15) is 44.1 Å². The predicted molar refractivity (Wildman–Crippen MR) is 71.3 cm³/mol. The summed E-state index contributed by atoms with van der Waals surface area (Å²) < 4.78 is 5.94. The molecule has 0 heterocycles. The molecule has 0 unspecified atom stereocenters. The molecule has 0 saturated heterocycles. The molecule has 0 bridgehead atoms. The van der Waals surface area contributed by atoms with Gasteiger partial charge in [-0.05, 0) is 69.2 Å². The van der Waals surface area contributed by atoms with Gasteiger partial charge in [0.15, 0.2) is 0 Å². The molecule has 17 heavy (non-hydrogen) atoms. The zero-order valence-electron chi connectivity index (χ0n) is 10.5. The number of unbranched alkanes of at least 4 members (excludes halogenated alkanes) is 1. The Kier molecular flexibility index (Phi) is 4.87. The summed E-state index contributed by atoms with van der Waals surface area (Å²) in [6.07, 6.45) is 8.96. The Balaban J connectivity index is 1.80. The summed E-state index contributed by atoms with van der Waals surface area (Å²) in [4.78, 5) is 0. The van der Waals surface area contributed by atoms with Gasteiger partial charge in [0.25, 0.3) is 0 Å². The van der Waals surface area contributed by atoms with Gasteiger partial charge in [-0.15, -0.1) is 0 Å². The Morgan fingerprint density at radius 3 is 2.41 bits per heavy atom. The Bertz CT molecular complexity index is 314. The fourth-order valence-electron chi connectivity index (χ4n) is 2.41. The Labute approximate surface area is 104 Å². The van der Waals surface area contributed by atoms with Gasteiger partial charge < -0.3 is 10.5 Å². The Hall–Kier alpha value is -1.02. The number of hydrogen-bond acceptors (Lipinski definition) is 2. The van der Waals surface area contributed by atoms with Gasteiger partial charge in [0, 0.05) is 0 Å². The third-order valence-electron chi connectivity index (χ3n) is 3.45. The van der Waals surface area contributed by atoms with Crippen molar-refractivity contribution >= 4 is 0 Å². The molecule has 0 spiro atoms. The molecule has 1 aromatic carbocycles. The minimum Gasteiger partial charge on any atom is -0.490 e. The lowest BCUT2D eigenvalue weighted by atomic mass is 10.1. The quantitative estimate of drug-likeness (QED) is 0.765. The molecule has 1 fully saturated rings. The van der Waals surface area contributed by atoms with E-state index in [1.807, 2.05) is 0 Å². The number of hydrogen-bond donors (Lipinski definition) is 1. The van der Waals surface area contributed by atoms with Crippen molar-refractivity contribution in [2.75, 3.05) is 6.54 Å². The molecule has 0 atom stereocenters. The molecule has 0 aromatic heterocycles. The number of ether oxygens (including phenoxy) is 1. The first-order chi connectivity index (χ1) is 8.38. The molecule has 2 heteroatoms. The van der Waals surface area contributed by atoms with Crippen LogP contribution in [0, 0.1) is 0 Å². The van der Waals surface area contributed by atoms with E-state index in [4.69, 9.17) is 10.5 Å². The lowest BCUT2D eigenvalue weighted by Crippen LogP contribution is -2.10. The number of benzene rings is 1. The van der Waals surface area contributed by atoms with Crippen molar-refractivity contribution in [3.63, 3.8) is 0 Å². The van der Waals surface area contributed by atoms with Crippen LogP contribution in [0.5, 0.6) is 5.75 Å². The highest BCUT2D eigenvalue weighted by molar-refractivity contribution is 5.27. The molecule has 1 saturated carbocycles. The Morgan fingerprint density at radius 2 is 1.76 bits per heavy atom. The summed E-state index contributed by atoms with van der Waals surface area (Å²) in [5, 5.41) is 0. The average Bonchev–Trinajstić information content (AvgIpc) is 2.85. The molecule has 2 nitrogen and oxygen atoms in total. The fourth-order valence-corrected chi connectivity index (χ4v) is 2.41. The smallest absolute Gasteiger partial charge is 0.119 e. The van der Waals surface area contributed by atoms with E-state index in [1.54, 1.807) is 0 Å². The zero-order chi connectivity index (χ0) is 11.9. The van der Waals surface area contributed by atoms with E-state index in [1.165, 1.54) is 37.7 Å². The molecular weight excluding hydrogens is 210 g/mol. The van der Waals surface area contributed by atoms with Gasteiger partial charge in [-0.3, -0.25) is 0 Å². The highest BCUT2D eigenvalue weighted by Gasteiger charge is 2.16. The van der Waals surface area contributed by atoms with Crippen LogP contribution in [0.2, 0.25) is 0 Å². The van der Waals surface area contributed by atoms with E-state index in [0.717, 1.165) is 25.1 Å². The predicted octanol–water partition coefficient (Wildman–Crippen LogP) is 3.29. The minimum atomic E-state index is 0.457. The molecule has 94 valence electrons. The molecule has 1 aliphatic rings. The summed E-state index contributed by atoms with van der Waals surface area (Å²) in [5.41, 5.74) is 6.87. The van der Waals surface area contributed by atoms with Gasteiger partial charge in [0.05, 0.1) is 6.10 Å². The Morgan fingerprint density at radius 1 is 1.06 bits per heavy atom. The first-order valence-corrected chi connectivity index (χ1v) is 6.84. The van der Waals surface area contributed by atoms with Gasteiger partial charge >= 0.3 is 0 Å². The summed E-state index contributed by atoms with van der Waals surface area (Å²) in [6, 6.07) is 8.58. The van der Waals surface area contributed by atoms with Crippen molar-refractivity contribution in [3.8, 4) is 5.75 Å². The van der Waals surface area contributed by atoms with Crippen LogP contribution in [0.15, 0.2) is 24.3 Å². The second kappa shape index (κ2) is 6.65.